The molecule has 0 aromatic heterocycles. The van der Waals surface area contributed by atoms with Crippen molar-refractivity contribution in [1.82, 2.24) is 5.32 Å². The molecular weight excluding hydrogens is 341 g/mol. The quantitative estimate of drug-likeness (QED) is 0.594. The van der Waals surface area contributed by atoms with Crippen LogP contribution in [0.15, 0.2) is 53.4 Å². The standard InChI is InChI=1S/C16H15Cl2NO2S/c17-12-1-5-14(6-2-12)21-11-16(20)19-9-10-22-15-7-3-13(18)4-8-15/h1-8H,9-11H2,(H,19,20). The lowest BCUT2D eigenvalue weighted by molar-refractivity contribution is -0.122. The predicted octanol–water partition coefficient (Wildman–Crippen LogP) is 4.28. The van der Waals surface area contributed by atoms with Crippen LogP contribution in [-0.4, -0.2) is 24.8 Å². The molecule has 3 nitrogen and oxygen atoms in total. The normalized spacial score (nSPS) is 10.3. The third-order valence-electron chi connectivity index (χ3n) is 2.69. The van der Waals surface area contributed by atoms with Crippen LogP contribution in [0.2, 0.25) is 10.0 Å². The molecule has 1 N–H and O–H groups in total. The maximum atomic E-state index is 11.7. The van der Waals surface area contributed by atoms with Crippen LogP contribution in [0, 0.1) is 0 Å². The molecule has 2 aromatic carbocycles. The zero-order chi connectivity index (χ0) is 15.8. The molecule has 2 aromatic rings. The topological polar surface area (TPSA) is 38.3 Å². The first-order valence-corrected chi connectivity index (χ1v) is 8.41. The molecular formula is C16H15Cl2NO2S. The van der Waals surface area contributed by atoms with Crippen LogP contribution in [-0.2, 0) is 4.79 Å². The Labute approximate surface area is 144 Å². The number of hydrogen-bond acceptors (Lipinski definition) is 3. The molecule has 0 saturated heterocycles. The van der Waals surface area contributed by atoms with Crippen LogP contribution < -0.4 is 10.1 Å². The minimum absolute atomic E-state index is 0.00670. The highest BCUT2D eigenvalue weighted by molar-refractivity contribution is 7.99. The molecule has 0 aliphatic carbocycles. The first-order valence-electron chi connectivity index (χ1n) is 6.67. The van der Waals surface area contributed by atoms with Crippen molar-refractivity contribution in [3.05, 3.63) is 58.6 Å². The Morgan fingerprint density at radius 2 is 1.59 bits per heavy atom. The van der Waals surface area contributed by atoms with E-state index in [1.165, 1.54) is 0 Å². The average Bonchev–Trinajstić information content (AvgIpc) is 2.53. The lowest BCUT2D eigenvalue weighted by Gasteiger charge is -2.07. The molecule has 0 saturated carbocycles. The smallest absolute Gasteiger partial charge is 0.257 e. The second kappa shape index (κ2) is 8.93. The van der Waals surface area contributed by atoms with Gasteiger partial charge in [0.1, 0.15) is 5.75 Å². The average molecular weight is 356 g/mol. The van der Waals surface area contributed by atoms with E-state index in [0.717, 1.165) is 15.7 Å². The van der Waals surface area contributed by atoms with Crippen LogP contribution in [0.1, 0.15) is 0 Å². The van der Waals surface area contributed by atoms with E-state index in [1.807, 2.05) is 24.3 Å². The fourth-order valence-electron chi connectivity index (χ4n) is 1.62. The zero-order valence-electron chi connectivity index (χ0n) is 11.7. The number of nitrogens with one attached hydrogen (secondary N) is 1. The molecule has 0 bridgehead atoms. The molecule has 22 heavy (non-hydrogen) atoms. The summed E-state index contributed by atoms with van der Waals surface area (Å²) in [6.45, 7) is 0.573. The van der Waals surface area contributed by atoms with Crippen molar-refractivity contribution < 1.29 is 9.53 Å². The first-order chi connectivity index (χ1) is 10.6. The summed E-state index contributed by atoms with van der Waals surface area (Å²) < 4.78 is 5.36. The Bertz CT molecular complexity index is 603. The fraction of sp³-hybridized carbons (Fsp3) is 0.188. The molecule has 1 amide bonds. The van der Waals surface area contributed by atoms with Crippen LogP contribution in [0.3, 0.4) is 0 Å². The summed E-state index contributed by atoms with van der Waals surface area (Å²) in [6.07, 6.45) is 0. The highest BCUT2D eigenvalue weighted by Gasteiger charge is 2.02. The van der Waals surface area contributed by atoms with Crippen LogP contribution >= 0.6 is 35.0 Å². The van der Waals surface area contributed by atoms with E-state index in [0.29, 0.717) is 17.3 Å². The maximum absolute atomic E-state index is 11.7. The van der Waals surface area contributed by atoms with Gasteiger partial charge in [-0.15, -0.1) is 11.8 Å². The second-order valence-corrected chi connectivity index (χ2v) is 6.44. The van der Waals surface area contributed by atoms with E-state index >= 15 is 0 Å². The Morgan fingerprint density at radius 1 is 1.00 bits per heavy atom. The summed E-state index contributed by atoms with van der Waals surface area (Å²) in [5.74, 6) is 1.26. The van der Waals surface area contributed by atoms with Crippen molar-refractivity contribution >= 4 is 40.9 Å². The van der Waals surface area contributed by atoms with Crippen molar-refractivity contribution in [2.75, 3.05) is 18.9 Å². The minimum Gasteiger partial charge on any atom is -0.484 e. The van der Waals surface area contributed by atoms with Crippen molar-refractivity contribution in [3.63, 3.8) is 0 Å². The SMILES string of the molecule is O=C(COc1ccc(Cl)cc1)NCCSc1ccc(Cl)cc1. The summed E-state index contributed by atoms with van der Waals surface area (Å²) in [7, 11) is 0. The van der Waals surface area contributed by atoms with Gasteiger partial charge >= 0.3 is 0 Å². The van der Waals surface area contributed by atoms with Gasteiger partial charge in [-0.3, -0.25) is 4.79 Å². The lowest BCUT2D eigenvalue weighted by Crippen LogP contribution is -2.30. The molecule has 0 unspecified atom stereocenters. The highest BCUT2D eigenvalue weighted by Crippen LogP contribution is 2.19. The lowest BCUT2D eigenvalue weighted by atomic mass is 10.3. The zero-order valence-corrected chi connectivity index (χ0v) is 14.0. The van der Waals surface area contributed by atoms with Gasteiger partial charge in [-0.1, -0.05) is 23.2 Å². The van der Waals surface area contributed by atoms with Crippen molar-refractivity contribution in [1.29, 1.82) is 0 Å². The molecule has 0 aliphatic rings. The van der Waals surface area contributed by atoms with E-state index in [-0.39, 0.29) is 12.5 Å². The summed E-state index contributed by atoms with van der Waals surface area (Å²) in [5, 5.41) is 4.16. The van der Waals surface area contributed by atoms with Gasteiger partial charge in [0.25, 0.3) is 5.91 Å². The number of rotatable bonds is 7. The molecule has 0 spiro atoms. The van der Waals surface area contributed by atoms with Crippen LogP contribution in [0.5, 0.6) is 5.75 Å². The van der Waals surface area contributed by atoms with Gasteiger partial charge in [-0.05, 0) is 48.5 Å². The monoisotopic (exact) mass is 355 g/mol. The van der Waals surface area contributed by atoms with E-state index in [2.05, 4.69) is 5.32 Å². The predicted molar refractivity (Wildman–Crippen MR) is 92.1 cm³/mol. The van der Waals surface area contributed by atoms with E-state index in [1.54, 1.807) is 36.0 Å². The van der Waals surface area contributed by atoms with Crippen molar-refractivity contribution in [3.8, 4) is 5.75 Å². The number of amides is 1. The van der Waals surface area contributed by atoms with Gasteiger partial charge in [-0.2, -0.15) is 0 Å². The Kier molecular flexibility index (Phi) is 6.90. The van der Waals surface area contributed by atoms with Crippen molar-refractivity contribution in [2.45, 2.75) is 4.90 Å². The van der Waals surface area contributed by atoms with Crippen molar-refractivity contribution in [2.24, 2.45) is 0 Å². The molecule has 116 valence electrons. The molecule has 0 aliphatic heterocycles. The second-order valence-electron chi connectivity index (χ2n) is 4.39. The first kappa shape index (κ1) is 17.0. The van der Waals surface area contributed by atoms with Gasteiger partial charge < -0.3 is 10.1 Å². The number of ether oxygens (including phenoxy) is 1. The maximum Gasteiger partial charge on any atom is 0.257 e. The summed E-state index contributed by atoms with van der Waals surface area (Å²) in [6, 6.07) is 14.5. The largest absolute Gasteiger partial charge is 0.484 e. The summed E-state index contributed by atoms with van der Waals surface area (Å²) >= 11 is 13.3. The Balaban J connectivity index is 1.61. The summed E-state index contributed by atoms with van der Waals surface area (Å²) in [5.41, 5.74) is 0. The van der Waals surface area contributed by atoms with Gasteiger partial charge in [-0.25, -0.2) is 0 Å². The number of carbonyl (C=O) groups is 1. The van der Waals surface area contributed by atoms with E-state index in [9.17, 15) is 4.79 Å². The number of carbonyl (C=O) groups excluding carboxylic acids is 1. The van der Waals surface area contributed by atoms with Gasteiger partial charge in [0, 0.05) is 27.2 Å². The highest BCUT2D eigenvalue weighted by atomic mass is 35.5. The van der Waals surface area contributed by atoms with E-state index < -0.39 is 0 Å². The third-order valence-corrected chi connectivity index (χ3v) is 4.21. The molecule has 2 rings (SSSR count). The molecule has 0 atom stereocenters. The number of halogens is 2. The fourth-order valence-corrected chi connectivity index (χ4v) is 2.64. The number of thioether (sulfide) groups is 1. The molecule has 0 fully saturated rings. The van der Waals surface area contributed by atoms with E-state index in [4.69, 9.17) is 27.9 Å². The Hall–Kier alpha value is -1.36. The van der Waals surface area contributed by atoms with Gasteiger partial charge in [0.15, 0.2) is 6.61 Å². The minimum atomic E-state index is -0.147. The number of hydrogen-bond donors (Lipinski definition) is 1. The number of benzene rings is 2. The van der Waals surface area contributed by atoms with Crippen LogP contribution in [0.4, 0.5) is 0 Å². The third kappa shape index (κ3) is 6.18. The molecule has 0 radical (unpaired) electrons. The Morgan fingerprint density at radius 3 is 2.23 bits per heavy atom. The van der Waals surface area contributed by atoms with Gasteiger partial charge in [0.05, 0.1) is 0 Å². The molecule has 6 heteroatoms. The summed E-state index contributed by atoms with van der Waals surface area (Å²) in [4.78, 5) is 12.8. The van der Waals surface area contributed by atoms with Crippen LogP contribution in [0.25, 0.3) is 0 Å². The van der Waals surface area contributed by atoms with Gasteiger partial charge in [0.2, 0.25) is 0 Å². The molecule has 0 heterocycles.